The number of aryl methyl sites for hydroxylation is 1. The van der Waals surface area contributed by atoms with E-state index in [4.69, 9.17) is 4.74 Å². The van der Waals surface area contributed by atoms with Crippen molar-refractivity contribution in [3.05, 3.63) is 59.7 Å². The largest absolute Gasteiger partial charge is 0.484 e. The number of nitrogens with zero attached hydrogens (tertiary/aromatic N) is 1. The van der Waals surface area contributed by atoms with Crippen molar-refractivity contribution < 1.29 is 19.1 Å². The van der Waals surface area contributed by atoms with Gasteiger partial charge in [-0.25, -0.2) is 0 Å². The Labute approximate surface area is 165 Å². The van der Waals surface area contributed by atoms with Crippen molar-refractivity contribution >= 4 is 23.3 Å². The first kappa shape index (κ1) is 21.2. The zero-order chi connectivity index (χ0) is 20.5. The molecule has 6 heteroatoms. The topological polar surface area (TPSA) is 75.7 Å². The maximum absolute atomic E-state index is 12.5. The average Bonchev–Trinajstić information content (AvgIpc) is 2.68. The molecule has 0 aliphatic heterocycles. The number of hydrogen-bond donors (Lipinski definition) is 1. The highest BCUT2D eigenvalue weighted by atomic mass is 16.5. The second-order valence-corrected chi connectivity index (χ2v) is 6.55. The van der Waals surface area contributed by atoms with Gasteiger partial charge in [0.05, 0.1) is 6.54 Å². The summed E-state index contributed by atoms with van der Waals surface area (Å²) >= 11 is 0. The molecular weight excluding hydrogens is 356 g/mol. The molecule has 0 radical (unpaired) electrons. The fourth-order valence-corrected chi connectivity index (χ4v) is 2.66. The van der Waals surface area contributed by atoms with Crippen molar-refractivity contribution in [3.63, 3.8) is 0 Å². The Morgan fingerprint density at radius 2 is 1.71 bits per heavy atom. The van der Waals surface area contributed by atoms with Crippen LogP contribution in [-0.2, 0) is 9.59 Å². The number of para-hydroxylation sites is 1. The van der Waals surface area contributed by atoms with E-state index < -0.39 is 0 Å². The number of amides is 2. The summed E-state index contributed by atoms with van der Waals surface area (Å²) in [7, 11) is 0. The van der Waals surface area contributed by atoms with Crippen molar-refractivity contribution in [1.29, 1.82) is 0 Å². The number of hydrogen-bond acceptors (Lipinski definition) is 4. The predicted molar refractivity (Wildman–Crippen MR) is 109 cm³/mol. The number of anilines is 1. The number of nitrogens with one attached hydrogen (secondary N) is 1. The Morgan fingerprint density at radius 1 is 1.04 bits per heavy atom. The van der Waals surface area contributed by atoms with Gasteiger partial charge in [0.1, 0.15) is 5.75 Å². The van der Waals surface area contributed by atoms with E-state index in [2.05, 4.69) is 5.32 Å². The van der Waals surface area contributed by atoms with Gasteiger partial charge in [0.25, 0.3) is 5.91 Å². The van der Waals surface area contributed by atoms with E-state index >= 15 is 0 Å². The molecule has 0 unspecified atom stereocenters. The Balaban J connectivity index is 1.92. The van der Waals surface area contributed by atoms with Gasteiger partial charge in [-0.15, -0.1) is 0 Å². The quantitative estimate of drug-likeness (QED) is 0.674. The molecule has 0 saturated carbocycles. The number of ketones is 1. The Morgan fingerprint density at radius 3 is 2.32 bits per heavy atom. The maximum Gasteiger partial charge on any atom is 0.260 e. The van der Waals surface area contributed by atoms with Gasteiger partial charge >= 0.3 is 0 Å². The normalized spacial score (nSPS) is 10.2. The number of Topliss-reactive ketones (excluding diaryl/α,β-unsaturated/α-hetero) is 1. The van der Waals surface area contributed by atoms with E-state index in [1.165, 1.54) is 11.8 Å². The molecule has 2 aromatic rings. The van der Waals surface area contributed by atoms with Gasteiger partial charge in [-0.05, 0) is 56.2 Å². The molecule has 2 rings (SSSR count). The summed E-state index contributed by atoms with van der Waals surface area (Å²) in [5, 5.41) is 2.84. The maximum atomic E-state index is 12.5. The van der Waals surface area contributed by atoms with Crippen LogP contribution >= 0.6 is 0 Å². The molecule has 0 aromatic heterocycles. The number of benzene rings is 2. The van der Waals surface area contributed by atoms with Crippen molar-refractivity contribution in [3.8, 4) is 5.75 Å². The second-order valence-electron chi connectivity index (χ2n) is 6.55. The zero-order valence-corrected chi connectivity index (χ0v) is 16.5. The van der Waals surface area contributed by atoms with Gasteiger partial charge < -0.3 is 15.0 Å². The van der Waals surface area contributed by atoms with Crippen LogP contribution in [0.25, 0.3) is 0 Å². The Kier molecular flexibility index (Phi) is 7.75. The minimum Gasteiger partial charge on any atom is -0.484 e. The highest BCUT2D eigenvalue weighted by Crippen LogP contribution is 2.14. The van der Waals surface area contributed by atoms with Crippen molar-refractivity contribution in [1.82, 2.24) is 4.90 Å². The van der Waals surface area contributed by atoms with Crippen LogP contribution in [0.2, 0.25) is 0 Å². The Bertz CT molecular complexity index is 831. The van der Waals surface area contributed by atoms with Gasteiger partial charge in [-0.3, -0.25) is 14.4 Å². The summed E-state index contributed by atoms with van der Waals surface area (Å²) in [4.78, 5) is 37.6. The second kappa shape index (κ2) is 10.3. The van der Waals surface area contributed by atoms with Crippen LogP contribution in [0.3, 0.4) is 0 Å². The Hall–Kier alpha value is -3.15. The van der Waals surface area contributed by atoms with Gasteiger partial charge in [-0.1, -0.05) is 25.1 Å². The molecule has 0 aliphatic carbocycles. The fraction of sp³-hybridized carbons (Fsp3) is 0.318. The van der Waals surface area contributed by atoms with E-state index in [1.807, 2.05) is 38.1 Å². The molecule has 0 aliphatic rings. The summed E-state index contributed by atoms with van der Waals surface area (Å²) < 4.78 is 5.51. The first-order valence-corrected chi connectivity index (χ1v) is 9.27. The molecule has 0 spiro atoms. The molecule has 0 heterocycles. The highest BCUT2D eigenvalue weighted by molar-refractivity contribution is 5.95. The molecule has 0 saturated heterocycles. The van der Waals surface area contributed by atoms with Gasteiger partial charge in [0.15, 0.2) is 12.4 Å². The molecular formula is C22H26N2O4. The summed E-state index contributed by atoms with van der Waals surface area (Å²) in [6.07, 6.45) is 0.733. The molecule has 0 atom stereocenters. The summed E-state index contributed by atoms with van der Waals surface area (Å²) in [6.45, 7) is 5.61. The van der Waals surface area contributed by atoms with E-state index in [0.29, 0.717) is 17.9 Å². The van der Waals surface area contributed by atoms with Gasteiger partial charge in [0.2, 0.25) is 5.91 Å². The lowest BCUT2D eigenvalue weighted by Crippen LogP contribution is -2.41. The molecule has 28 heavy (non-hydrogen) atoms. The third-order valence-electron chi connectivity index (χ3n) is 4.22. The highest BCUT2D eigenvalue weighted by Gasteiger charge is 2.17. The van der Waals surface area contributed by atoms with E-state index in [1.54, 1.807) is 24.3 Å². The van der Waals surface area contributed by atoms with Crippen LogP contribution in [0.5, 0.6) is 5.75 Å². The number of ether oxygens (including phenoxy) is 1. The van der Waals surface area contributed by atoms with Crippen molar-refractivity contribution in [2.24, 2.45) is 0 Å². The van der Waals surface area contributed by atoms with Gasteiger partial charge in [0, 0.05) is 17.8 Å². The van der Waals surface area contributed by atoms with Crippen molar-refractivity contribution in [2.75, 3.05) is 25.0 Å². The first-order valence-electron chi connectivity index (χ1n) is 9.27. The lowest BCUT2D eigenvalue weighted by Gasteiger charge is -2.22. The number of rotatable bonds is 9. The molecule has 2 aromatic carbocycles. The fourth-order valence-electron chi connectivity index (χ4n) is 2.66. The number of carbonyl (C=O) groups is 3. The molecule has 0 bridgehead atoms. The lowest BCUT2D eigenvalue weighted by atomic mass is 10.1. The van der Waals surface area contributed by atoms with Crippen LogP contribution in [0, 0.1) is 6.92 Å². The minimum absolute atomic E-state index is 0.0311. The summed E-state index contributed by atoms with van der Waals surface area (Å²) in [6, 6.07) is 14.1. The van der Waals surface area contributed by atoms with Crippen molar-refractivity contribution in [2.45, 2.75) is 27.2 Å². The number of carbonyl (C=O) groups excluding carboxylic acids is 3. The zero-order valence-electron chi connectivity index (χ0n) is 16.5. The smallest absolute Gasteiger partial charge is 0.260 e. The SMILES string of the molecule is CCCN(CC(=O)Nc1ccccc1C)C(=O)COc1ccc(C(C)=O)cc1. The molecule has 2 amide bonds. The lowest BCUT2D eigenvalue weighted by molar-refractivity contribution is -0.136. The van der Waals surface area contributed by atoms with Gasteiger partial charge in [-0.2, -0.15) is 0 Å². The molecule has 0 fully saturated rings. The van der Waals surface area contributed by atoms with E-state index in [-0.39, 0.29) is 30.7 Å². The van der Waals surface area contributed by atoms with E-state index in [9.17, 15) is 14.4 Å². The first-order chi connectivity index (χ1) is 13.4. The van der Waals surface area contributed by atoms with Crippen LogP contribution in [0.1, 0.15) is 36.2 Å². The molecule has 6 nitrogen and oxygen atoms in total. The molecule has 148 valence electrons. The third-order valence-corrected chi connectivity index (χ3v) is 4.22. The van der Waals surface area contributed by atoms with Crippen LogP contribution in [0.4, 0.5) is 5.69 Å². The van der Waals surface area contributed by atoms with E-state index in [0.717, 1.165) is 17.7 Å². The van der Waals surface area contributed by atoms with Crippen LogP contribution < -0.4 is 10.1 Å². The third kappa shape index (κ3) is 6.23. The van der Waals surface area contributed by atoms with Crippen LogP contribution in [0.15, 0.2) is 48.5 Å². The van der Waals surface area contributed by atoms with Crippen LogP contribution in [-0.4, -0.2) is 42.2 Å². The molecule has 1 N–H and O–H groups in total. The summed E-state index contributed by atoms with van der Waals surface area (Å²) in [5.74, 6) is -0.0464. The summed E-state index contributed by atoms with van der Waals surface area (Å²) in [5.41, 5.74) is 2.28. The predicted octanol–water partition coefficient (Wildman–Crippen LogP) is 3.45. The monoisotopic (exact) mass is 382 g/mol. The minimum atomic E-state index is -0.266. The average molecular weight is 382 g/mol. The standard InChI is InChI=1S/C22H26N2O4/c1-4-13-24(14-21(26)23-20-8-6-5-7-16(20)2)22(27)15-28-19-11-9-18(10-12-19)17(3)25/h5-12H,4,13-15H2,1-3H3,(H,23,26).